The number of aromatic nitrogens is 1. The lowest BCUT2D eigenvalue weighted by Gasteiger charge is -2.19. The Bertz CT molecular complexity index is 498. The van der Waals surface area contributed by atoms with Crippen molar-refractivity contribution < 1.29 is 8.42 Å². The van der Waals surface area contributed by atoms with E-state index >= 15 is 0 Å². The molecule has 1 aliphatic rings. The van der Waals surface area contributed by atoms with Crippen LogP contribution in [0, 0.1) is 6.92 Å². The number of rotatable bonds is 3. The summed E-state index contributed by atoms with van der Waals surface area (Å²) in [5.41, 5.74) is 1.09. The molecule has 1 saturated heterocycles. The quantitative estimate of drug-likeness (QED) is 0.830. The summed E-state index contributed by atoms with van der Waals surface area (Å²) >= 11 is 1.66. The fourth-order valence-electron chi connectivity index (χ4n) is 2.15. The summed E-state index contributed by atoms with van der Waals surface area (Å²) in [6, 6.07) is 0. The minimum atomic E-state index is -3.05. The van der Waals surface area contributed by atoms with Gasteiger partial charge in [0.2, 0.25) is 10.0 Å². The molecule has 5 nitrogen and oxygen atoms in total. The first-order valence-corrected chi connectivity index (χ1v) is 8.76. The molecule has 2 rings (SSSR count). The van der Waals surface area contributed by atoms with Crippen molar-refractivity contribution >= 4 is 21.4 Å². The zero-order valence-electron chi connectivity index (χ0n) is 10.8. The molecule has 0 radical (unpaired) electrons. The number of thiazole rings is 1. The van der Waals surface area contributed by atoms with E-state index in [4.69, 9.17) is 0 Å². The molecule has 0 aromatic carbocycles. The van der Waals surface area contributed by atoms with Crippen LogP contribution in [-0.2, 0) is 16.6 Å². The molecule has 0 spiro atoms. The smallest absolute Gasteiger partial charge is 0.211 e. The van der Waals surface area contributed by atoms with Crippen LogP contribution in [0.4, 0.5) is 0 Å². The van der Waals surface area contributed by atoms with Crippen LogP contribution in [0.3, 0.4) is 0 Å². The lowest BCUT2D eigenvalue weighted by atomic mass is 10.3. The van der Waals surface area contributed by atoms with Gasteiger partial charge >= 0.3 is 0 Å². The van der Waals surface area contributed by atoms with Gasteiger partial charge in [0.1, 0.15) is 0 Å². The third kappa shape index (κ3) is 3.74. The maximum atomic E-state index is 11.5. The third-order valence-corrected chi connectivity index (χ3v) is 5.19. The van der Waals surface area contributed by atoms with E-state index in [0.29, 0.717) is 13.1 Å². The Kier molecular flexibility index (Phi) is 4.37. The van der Waals surface area contributed by atoms with E-state index in [1.54, 1.807) is 15.6 Å². The monoisotopic (exact) mass is 289 g/mol. The van der Waals surface area contributed by atoms with E-state index in [0.717, 1.165) is 36.8 Å². The highest BCUT2D eigenvalue weighted by Gasteiger charge is 2.21. The second kappa shape index (κ2) is 5.64. The van der Waals surface area contributed by atoms with Crippen molar-refractivity contribution in [3.05, 3.63) is 16.1 Å². The Morgan fingerprint density at radius 2 is 2.11 bits per heavy atom. The van der Waals surface area contributed by atoms with Crippen LogP contribution >= 0.6 is 11.3 Å². The fraction of sp³-hybridized carbons (Fsp3) is 0.727. The topological polar surface area (TPSA) is 53.5 Å². The van der Waals surface area contributed by atoms with Crippen LogP contribution in [0.15, 0.2) is 5.38 Å². The predicted molar refractivity (Wildman–Crippen MR) is 73.2 cm³/mol. The van der Waals surface area contributed by atoms with Gasteiger partial charge in [0.15, 0.2) is 0 Å². The van der Waals surface area contributed by atoms with E-state index in [9.17, 15) is 8.42 Å². The van der Waals surface area contributed by atoms with Crippen molar-refractivity contribution in [1.82, 2.24) is 14.2 Å². The molecule has 0 bridgehead atoms. The molecular weight excluding hydrogens is 270 g/mol. The summed E-state index contributed by atoms with van der Waals surface area (Å²) in [4.78, 5) is 6.73. The maximum Gasteiger partial charge on any atom is 0.211 e. The average molecular weight is 289 g/mol. The van der Waals surface area contributed by atoms with Gasteiger partial charge in [-0.2, -0.15) is 0 Å². The zero-order valence-corrected chi connectivity index (χ0v) is 12.4. The number of nitrogens with zero attached hydrogens (tertiary/aromatic N) is 3. The molecule has 1 aromatic rings. The summed E-state index contributed by atoms with van der Waals surface area (Å²) in [7, 11) is -3.05. The standard InChI is InChI=1S/C11H19N3O2S2/c1-10-12-11(9-17-10)8-13-4-3-5-14(7-6-13)18(2,15)16/h9H,3-8H2,1-2H3. The Labute approximate surface area is 112 Å². The van der Waals surface area contributed by atoms with E-state index in [1.807, 2.05) is 6.92 Å². The minimum Gasteiger partial charge on any atom is -0.296 e. The Balaban J connectivity index is 1.93. The number of hydrogen-bond acceptors (Lipinski definition) is 5. The van der Waals surface area contributed by atoms with Crippen LogP contribution in [0.5, 0.6) is 0 Å². The molecule has 102 valence electrons. The molecule has 0 saturated carbocycles. The maximum absolute atomic E-state index is 11.5. The molecule has 18 heavy (non-hydrogen) atoms. The highest BCUT2D eigenvalue weighted by molar-refractivity contribution is 7.88. The molecule has 1 aliphatic heterocycles. The molecule has 1 fully saturated rings. The predicted octanol–water partition coefficient (Wildman–Crippen LogP) is 0.919. The van der Waals surface area contributed by atoms with Crippen LogP contribution < -0.4 is 0 Å². The van der Waals surface area contributed by atoms with Gasteiger partial charge in [-0.15, -0.1) is 11.3 Å². The summed E-state index contributed by atoms with van der Waals surface area (Å²) < 4.78 is 24.6. The highest BCUT2D eigenvalue weighted by Crippen LogP contribution is 2.13. The largest absolute Gasteiger partial charge is 0.296 e. The van der Waals surface area contributed by atoms with Crippen LogP contribution in [0.1, 0.15) is 17.1 Å². The molecule has 1 aromatic heterocycles. The summed E-state index contributed by atoms with van der Waals surface area (Å²) in [6.07, 6.45) is 2.17. The van der Waals surface area contributed by atoms with Gasteiger partial charge in [0.25, 0.3) is 0 Å². The lowest BCUT2D eigenvalue weighted by Crippen LogP contribution is -2.34. The van der Waals surface area contributed by atoms with Crippen LogP contribution in [0.2, 0.25) is 0 Å². The van der Waals surface area contributed by atoms with Crippen LogP contribution in [0.25, 0.3) is 0 Å². The Hall–Kier alpha value is -0.500. The fourth-order valence-corrected chi connectivity index (χ4v) is 3.62. The van der Waals surface area contributed by atoms with Crippen molar-refractivity contribution in [1.29, 1.82) is 0 Å². The van der Waals surface area contributed by atoms with Crippen molar-refractivity contribution in [2.75, 3.05) is 32.4 Å². The first kappa shape index (κ1) is 13.9. The van der Waals surface area contributed by atoms with E-state index in [1.165, 1.54) is 6.26 Å². The SMILES string of the molecule is Cc1nc(CN2CCCN(S(C)(=O)=O)CC2)cs1. The number of hydrogen-bond donors (Lipinski definition) is 0. The first-order chi connectivity index (χ1) is 8.45. The molecule has 0 amide bonds. The van der Waals surface area contributed by atoms with Crippen molar-refractivity contribution in [3.8, 4) is 0 Å². The zero-order chi connectivity index (χ0) is 13.2. The lowest BCUT2D eigenvalue weighted by molar-refractivity contribution is 0.276. The summed E-state index contributed by atoms with van der Waals surface area (Å²) in [6.45, 7) is 5.75. The first-order valence-electron chi connectivity index (χ1n) is 6.03. The molecule has 2 heterocycles. The molecule has 0 N–H and O–H groups in total. The number of sulfonamides is 1. The molecule has 0 unspecified atom stereocenters. The van der Waals surface area contributed by atoms with Gasteiger partial charge < -0.3 is 0 Å². The van der Waals surface area contributed by atoms with Gasteiger partial charge in [-0.1, -0.05) is 0 Å². The van der Waals surface area contributed by atoms with Gasteiger partial charge in [-0.3, -0.25) is 4.90 Å². The van der Waals surface area contributed by atoms with Crippen molar-refractivity contribution in [2.45, 2.75) is 19.9 Å². The molecule has 0 atom stereocenters. The van der Waals surface area contributed by atoms with Gasteiger partial charge in [0.05, 0.1) is 17.0 Å². The summed E-state index contributed by atoms with van der Waals surface area (Å²) in [5.74, 6) is 0. The Morgan fingerprint density at radius 1 is 1.33 bits per heavy atom. The minimum absolute atomic E-state index is 0.585. The van der Waals surface area contributed by atoms with E-state index in [-0.39, 0.29) is 0 Å². The van der Waals surface area contributed by atoms with E-state index < -0.39 is 10.0 Å². The Morgan fingerprint density at radius 3 is 2.72 bits per heavy atom. The van der Waals surface area contributed by atoms with Gasteiger partial charge in [0, 0.05) is 31.6 Å². The average Bonchev–Trinajstić information content (AvgIpc) is 2.53. The second-order valence-electron chi connectivity index (χ2n) is 4.65. The molecular formula is C11H19N3O2S2. The second-order valence-corrected chi connectivity index (χ2v) is 7.69. The van der Waals surface area contributed by atoms with E-state index in [2.05, 4.69) is 15.3 Å². The van der Waals surface area contributed by atoms with Crippen molar-refractivity contribution in [3.63, 3.8) is 0 Å². The van der Waals surface area contributed by atoms with Gasteiger partial charge in [-0.05, 0) is 19.9 Å². The number of aryl methyl sites for hydroxylation is 1. The summed E-state index contributed by atoms with van der Waals surface area (Å²) in [5, 5.41) is 3.16. The molecule has 0 aliphatic carbocycles. The van der Waals surface area contributed by atoms with Crippen molar-refractivity contribution in [2.24, 2.45) is 0 Å². The highest BCUT2D eigenvalue weighted by atomic mass is 32.2. The van der Waals surface area contributed by atoms with Crippen LogP contribution in [-0.4, -0.2) is 55.0 Å². The third-order valence-electron chi connectivity index (χ3n) is 3.07. The normalized spacial score (nSPS) is 19.9. The van der Waals surface area contributed by atoms with Gasteiger partial charge in [-0.25, -0.2) is 17.7 Å². The molecule has 7 heteroatoms.